The van der Waals surface area contributed by atoms with Crippen LogP contribution in [0.15, 0.2) is 158 Å². The van der Waals surface area contributed by atoms with E-state index < -0.39 is 71.9 Å². The van der Waals surface area contributed by atoms with Gasteiger partial charge in [-0.3, -0.25) is 38.4 Å². The smallest absolute Gasteiger partial charge is 0.407 e. The number of hydrogen-bond acceptors (Lipinski definition) is 16. The summed E-state index contributed by atoms with van der Waals surface area (Å²) in [5, 5.41) is 20.5. The van der Waals surface area contributed by atoms with Crippen LogP contribution in [0.25, 0.3) is 11.1 Å². The molecule has 0 unspecified atom stereocenters. The van der Waals surface area contributed by atoms with Crippen LogP contribution in [0.3, 0.4) is 0 Å². The predicted molar refractivity (Wildman–Crippen MR) is 482 cm³/mol. The van der Waals surface area contributed by atoms with E-state index in [1.165, 1.54) is 25.3 Å². The van der Waals surface area contributed by atoms with Gasteiger partial charge in [0.2, 0.25) is 23.6 Å². The fourth-order valence-electron chi connectivity index (χ4n) is 15.1. The molecule has 7 N–H and O–H groups in total. The average Bonchev–Trinajstić information content (AvgIpc) is 1.61. The highest BCUT2D eigenvalue weighted by Crippen LogP contribution is 2.44. The molecule has 0 fully saturated rings. The molecule has 0 saturated heterocycles. The van der Waals surface area contributed by atoms with Gasteiger partial charge in [0, 0.05) is 60.7 Å². The highest BCUT2D eigenvalue weighted by molar-refractivity contribution is 6.00. The molecule has 7 rings (SSSR count). The number of unbranched alkanes of at least 4 members (excludes halogenated alkanes) is 14. The van der Waals surface area contributed by atoms with Gasteiger partial charge in [0.1, 0.15) is 47.7 Å². The molecule has 8 atom stereocenters. The minimum Gasteiger partial charge on any atom is -0.467 e. The maximum Gasteiger partial charge on any atom is 0.407 e. The van der Waals surface area contributed by atoms with E-state index in [0.717, 1.165) is 120 Å². The zero-order valence-corrected chi connectivity index (χ0v) is 74.5. The Morgan fingerprint density at radius 2 is 0.667 bits per heavy atom. The van der Waals surface area contributed by atoms with Gasteiger partial charge in [-0.25, -0.2) is 14.4 Å². The van der Waals surface area contributed by atoms with E-state index in [4.69, 9.17) is 23.7 Å². The number of carbonyl (C=O) groups excluding carboxylic acids is 11. The number of benzene rings is 6. The minimum absolute atomic E-state index is 0.00135. The Hall–Kier alpha value is -10.7. The number of ketones is 2. The minimum atomic E-state index is -1.02. The number of nitrogens with one attached hydrogen (secondary N) is 7. The molecule has 23 nitrogen and oxygen atoms in total. The Bertz CT molecular complexity index is 4120. The Balaban J connectivity index is 0.000000389. The van der Waals surface area contributed by atoms with Crippen molar-refractivity contribution in [2.24, 2.45) is 17.8 Å². The number of Topliss-reactive ketones (excluding diaryl/α,β-unsaturated/α-hetero) is 2. The Morgan fingerprint density at radius 3 is 1.09 bits per heavy atom. The number of methoxy groups -OCH3 is 2. The lowest BCUT2D eigenvalue weighted by Gasteiger charge is -2.25. The summed E-state index contributed by atoms with van der Waals surface area (Å²) in [6, 6.07) is 44.3. The van der Waals surface area contributed by atoms with Crippen molar-refractivity contribution in [2.45, 2.75) is 290 Å². The maximum atomic E-state index is 14.3. The van der Waals surface area contributed by atoms with Gasteiger partial charge in [-0.15, -0.1) is 0 Å². The molecule has 6 aromatic rings. The summed E-state index contributed by atoms with van der Waals surface area (Å²) in [5.74, 6) is -2.74. The normalized spacial score (nSPS) is 13.3. The van der Waals surface area contributed by atoms with Crippen molar-refractivity contribution < 1.29 is 76.4 Å². The first-order valence-corrected chi connectivity index (χ1v) is 45.5. The van der Waals surface area contributed by atoms with Crippen LogP contribution in [0, 0.1) is 17.8 Å². The van der Waals surface area contributed by atoms with Crippen molar-refractivity contribution in [1.82, 2.24) is 37.2 Å². The monoisotopic (exact) mass is 1690 g/mol. The molecule has 0 radical (unpaired) electrons. The summed E-state index contributed by atoms with van der Waals surface area (Å²) in [5.41, 5.74) is 5.47. The molecular weight excluding hydrogens is 1560 g/mol. The second-order valence-electron chi connectivity index (χ2n) is 32.3. The van der Waals surface area contributed by atoms with E-state index in [9.17, 15) is 52.7 Å². The van der Waals surface area contributed by atoms with Crippen LogP contribution in [0.1, 0.15) is 292 Å². The summed E-state index contributed by atoms with van der Waals surface area (Å²) in [6.45, 7) is 15.3. The zero-order chi connectivity index (χ0) is 88.9. The van der Waals surface area contributed by atoms with Crippen LogP contribution < -0.4 is 46.7 Å². The molecule has 0 spiro atoms. The predicted octanol–water partition coefficient (Wildman–Crippen LogP) is 19.2. The summed E-state index contributed by atoms with van der Waals surface area (Å²) < 4.78 is 27.4. The Morgan fingerprint density at radius 1 is 0.325 bits per heavy atom. The molecule has 6 aromatic carbocycles. The number of alkyl carbamates (subject to hydrolysis) is 1. The number of carbonyl (C=O) groups is 11. The summed E-state index contributed by atoms with van der Waals surface area (Å²) >= 11 is 0. The van der Waals surface area contributed by atoms with Gasteiger partial charge in [-0.1, -0.05) is 255 Å². The van der Waals surface area contributed by atoms with Crippen molar-refractivity contribution in [1.29, 1.82) is 0 Å². The van der Waals surface area contributed by atoms with Crippen LogP contribution in [-0.4, -0.2) is 129 Å². The largest absolute Gasteiger partial charge is 0.467 e. The van der Waals surface area contributed by atoms with E-state index >= 15 is 0 Å². The number of rotatable bonds is 59. The van der Waals surface area contributed by atoms with Crippen molar-refractivity contribution in [2.75, 3.05) is 33.9 Å². The van der Waals surface area contributed by atoms with Crippen molar-refractivity contribution in [3.8, 4) is 34.1 Å². The molecule has 0 saturated carbocycles. The van der Waals surface area contributed by atoms with Gasteiger partial charge in [0.15, 0.2) is 11.6 Å². The van der Waals surface area contributed by atoms with E-state index in [2.05, 4.69) is 96.1 Å². The summed E-state index contributed by atoms with van der Waals surface area (Å²) in [4.78, 5) is 148. The van der Waals surface area contributed by atoms with Crippen molar-refractivity contribution in [3.05, 3.63) is 180 Å². The Kier molecular flexibility index (Phi) is 48.0. The van der Waals surface area contributed by atoms with Crippen LogP contribution in [0.5, 0.6) is 23.0 Å². The molecule has 1 aliphatic carbocycles. The molecule has 1 aliphatic rings. The number of hydrogen-bond donors (Lipinski definition) is 7. The molecule has 7 amide bonds. The van der Waals surface area contributed by atoms with E-state index in [1.54, 1.807) is 48.5 Å². The second kappa shape index (κ2) is 58.4. The number of para-hydroxylation sites is 2. The average molecular weight is 1700 g/mol. The molecule has 123 heavy (non-hydrogen) atoms. The lowest BCUT2D eigenvalue weighted by molar-refractivity contribution is -0.146. The van der Waals surface area contributed by atoms with Gasteiger partial charge >= 0.3 is 18.0 Å². The first kappa shape index (κ1) is 101. The summed E-state index contributed by atoms with van der Waals surface area (Å²) in [6.07, 6.45) is 21.0. The third-order valence-electron chi connectivity index (χ3n) is 22.5. The molecule has 670 valence electrons. The van der Waals surface area contributed by atoms with Crippen molar-refractivity contribution >= 4 is 65.0 Å². The van der Waals surface area contributed by atoms with E-state index in [0.29, 0.717) is 124 Å². The van der Waals surface area contributed by atoms with Crippen LogP contribution in [0.4, 0.5) is 4.79 Å². The van der Waals surface area contributed by atoms with Gasteiger partial charge in [0.25, 0.3) is 11.8 Å². The van der Waals surface area contributed by atoms with Gasteiger partial charge in [0.05, 0.1) is 26.3 Å². The lowest BCUT2D eigenvalue weighted by atomic mass is 9.90. The van der Waals surface area contributed by atoms with Crippen molar-refractivity contribution in [3.63, 3.8) is 0 Å². The Labute approximate surface area is 730 Å². The third kappa shape index (κ3) is 36.7. The SMILES string of the molecule is CCCCC[C@H](CC(=O)[C@H](CCCCC)NC(=O)[C@@H](C)CCCCNC(=O)OCC1c2ccccc2-c2ccccc21)C(=O)N[C@@H](CCCCC)C(=O)OC.CCCCC[C@H](CC(=O)[C@H](CCCCC)NC(=O)[C@H](CCCCNC(=O)c1ccc(Oc2ccccc2)cc1)NC(=O)c1ccc(Oc2ccccc2)cc1)C(=O)N[C@@H](CCCCC)C(=O)OC. The molecule has 0 aliphatic heterocycles. The van der Waals surface area contributed by atoms with E-state index in [-0.39, 0.29) is 72.9 Å². The zero-order valence-electron chi connectivity index (χ0n) is 74.5. The molecule has 0 bridgehead atoms. The van der Waals surface area contributed by atoms with Crippen LogP contribution in [-0.2, 0) is 52.6 Å². The molecular formula is C100H139N7O16. The fourth-order valence-corrected chi connectivity index (χ4v) is 15.1. The molecule has 0 aromatic heterocycles. The first-order chi connectivity index (χ1) is 59.7. The quantitative estimate of drug-likeness (QED) is 0.0106. The number of fused-ring (bicyclic) bond motifs is 3. The van der Waals surface area contributed by atoms with Gasteiger partial charge < -0.3 is 60.9 Å². The van der Waals surface area contributed by atoms with Crippen LogP contribution >= 0.6 is 0 Å². The fraction of sp³-hybridized carbons (Fsp3) is 0.530. The van der Waals surface area contributed by atoms with Crippen LogP contribution in [0.2, 0.25) is 0 Å². The number of esters is 2. The van der Waals surface area contributed by atoms with Gasteiger partial charge in [-0.2, -0.15) is 0 Å². The standard InChI is InChI=1S/C55H72N4O9.C45H67N3O7/c1-5-8-13-22-42(53(63)59-49(55(65)66-4)29-15-10-7-3)39-50(60)47(27-14-9-6-2)57-54(64)48(58-52(62)41-32-36-46(37-33-41)68-44-25-18-12-19-26-44)28-20-21-38-56-51(61)40-30-34-45(35-31-40)67-43-23-16-11-17-24-43;1-6-9-12-22-33(43(51)48-40(44(52)54-5)28-14-11-8-3)30-41(49)39(27-13-10-7-2)47-42(50)32(4)21-19-20-29-46-45(53)55-31-38-36-25-17-15-23-34(36)35-24-16-18-26-37(35)38/h11-12,16-19,23-26,30-37,42,47-49H,5-10,13-15,20-22,27-29,38-39H2,1-4H3,(H,56,61)(H,57,64)(H,58,62)(H,59,63);15-18,23-26,32-33,38-40H,6-14,19-22,27-31H2,1-5H3,(H,46,53)(H,47,50)(H,48,51)/t42-,47+,48+,49+;32-,33+,39-,40-/m10/s1. The van der Waals surface area contributed by atoms with E-state index in [1.807, 2.05) is 98.8 Å². The number of amides is 7. The molecule has 23 heteroatoms. The number of ether oxygens (including phenoxy) is 5. The maximum absolute atomic E-state index is 14.3. The van der Waals surface area contributed by atoms with Gasteiger partial charge in [-0.05, 0) is 166 Å². The topological polar surface area (TPSA) is 318 Å². The highest BCUT2D eigenvalue weighted by Gasteiger charge is 2.35. The third-order valence-corrected chi connectivity index (χ3v) is 22.5. The highest BCUT2D eigenvalue weighted by atomic mass is 16.5. The second-order valence-corrected chi connectivity index (χ2v) is 32.3. The lowest BCUT2D eigenvalue weighted by Crippen LogP contribution is -2.52. The summed E-state index contributed by atoms with van der Waals surface area (Å²) in [7, 11) is 2.61. The molecule has 0 heterocycles. The first-order valence-electron chi connectivity index (χ1n) is 45.5.